The van der Waals surface area contributed by atoms with Gasteiger partial charge in [0.1, 0.15) is 10.7 Å². The average Bonchev–Trinajstić information content (AvgIpc) is 3.19. The molecule has 0 saturated carbocycles. The lowest BCUT2D eigenvalue weighted by atomic mass is 10.3. The Kier molecular flexibility index (Phi) is 6.25. The molecule has 1 aromatic heterocycles. The summed E-state index contributed by atoms with van der Waals surface area (Å²) in [5.41, 5.74) is 0. The van der Waals surface area contributed by atoms with Crippen LogP contribution in [0.25, 0.3) is 0 Å². The van der Waals surface area contributed by atoms with Crippen LogP contribution in [-0.4, -0.2) is 67.7 Å². The number of hydrogen-bond donors (Lipinski definition) is 1. The minimum absolute atomic E-state index is 0.0483. The Morgan fingerprint density at radius 1 is 1.14 bits per heavy atom. The number of halogens is 1. The first kappa shape index (κ1) is 20.9. The molecular formula is C17H19FN4O6S. The maximum atomic E-state index is 13.0. The van der Waals surface area contributed by atoms with Crippen molar-refractivity contribution in [2.75, 3.05) is 39.3 Å². The second-order valence-electron chi connectivity index (χ2n) is 6.35. The van der Waals surface area contributed by atoms with Gasteiger partial charge in [-0.05, 0) is 30.3 Å². The summed E-state index contributed by atoms with van der Waals surface area (Å²) in [4.78, 5) is 23.8. The fourth-order valence-electron chi connectivity index (χ4n) is 2.91. The van der Waals surface area contributed by atoms with E-state index in [2.05, 4.69) is 5.32 Å². The second-order valence-corrected chi connectivity index (χ2v) is 8.29. The molecule has 2 heterocycles. The molecule has 1 amide bonds. The molecule has 3 rings (SSSR count). The van der Waals surface area contributed by atoms with Gasteiger partial charge in [-0.2, -0.15) is 4.31 Å². The number of hydrogen-bond acceptors (Lipinski definition) is 7. The highest BCUT2D eigenvalue weighted by Gasteiger charge is 2.28. The zero-order chi connectivity index (χ0) is 21.0. The van der Waals surface area contributed by atoms with Crippen molar-refractivity contribution in [2.45, 2.75) is 4.90 Å². The number of furan rings is 1. The smallest absolute Gasteiger partial charge is 0.395 e. The van der Waals surface area contributed by atoms with Gasteiger partial charge in [-0.1, -0.05) is 0 Å². The van der Waals surface area contributed by atoms with Crippen LogP contribution in [0.1, 0.15) is 10.6 Å². The molecule has 2 aromatic rings. The van der Waals surface area contributed by atoms with E-state index in [1.54, 1.807) is 0 Å². The predicted octanol–water partition coefficient (Wildman–Crippen LogP) is 1.06. The van der Waals surface area contributed by atoms with E-state index in [-0.39, 0.29) is 30.3 Å². The molecule has 0 atom stereocenters. The van der Waals surface area contributed by atoms with Gasteiger partial charge in [0.15, 0.2) is 5.76 Å². The van der Waals surface area contributed by atoms with Crippen LogP contribution in [0.15, 0.2) is 45.7 Å². The number of sulfonamides is 1. The van der Waals surface area contributed by atoms with E-state index < -0.39 is 32.6 Å². The van der Waals surface area contributed by atoms with Crippen LogP contribution in [0, 0.1) is 15.9 Å². The third-order valence-corrected chi connectivity index (χ3v) is 6.40. The molecule has 156 valence electrons. The molecule has 12 heteroatoms. The number of carbonyl (C=O) groups is 1. The normalized spacial score (nSPS) is 15.9. The number of nitrogens with zero attached hydrogens (tertiary/aromatic N) is 3. The largest absolute Gasteiger partial charge is 0.433 e. The zero-order valence-electron chi connectivity index (χ0n) is 15.3. The van der Waals surface area contributed by atoms with Gasteiger partial charge < -0.3 is 9.73 Å². The van der Waals surface area contributed by atoms with Crippen molar-refractivity contribution in [3.63, 3.8) is 0 Å². The Bertz CT molecular complexity index is 984. The van der Waals surface area contributed by atoms with E-state index in [1.165, 1.54) is 22.5 Å². The first-order valence-corrected chi connectivity index (χ1v) is 10.2. The van der Waals surface area contributed by atoms with Crippen molar-refractivity contribution in [3.8, 4) is 0 Å². The van der Waals surface area contributed by atoms with E-state index >= 15 is 0 Å². The van der Waals surface area contributed by atoms with Gasteiger partial charge in [0.2, 0.25) is 10.0 Å². The zero-order valence-corrected chi connectivity index (χ0v) is 16.1. The fraction of sp³-hybridized carbons (Fsp3) is 0.353. The molecule has 10 nitrogen and oxygen atoms in total. The van der Waals surface area contributed by atoms with Gasteiger partial charge in [0.25, 0.3) is 5.91 Å². The Hall–Kier alpha value is -2.83. The van der Waals surface area contributed by atoms with E-state index in [0.29, 0.717) is 19.6 Å². The first-order valence-electron chi connectivity index (χ1n) is 8.78. The van der Waals surface area contributed by atoms with Crippen molar-refractivity contribution in [3.05, 3.63) is 58.1 Å². The summed E-state index contributed by atoms with van der Waals surface area (Å²) >= 11 is 0. The molecule has 0 spiro atoms. The Morgan fingerprint density at radius 3 is 2.38 bits per heavy atom. The van der Waals surface area contributed by atoms with Gasteiger partial charge in [-0.25, -0.2) is 12.8 Å². The van der Waals surface area contributed by atoms with Crippen LogP contribution >= 0.6 is 0 Å². The number of amides is 1. The van der Waals surface area contributed by atoms with Crippen LogP contribution in [-0.2, 0) is 10.0 Å². The number of nitro groups is 1. The van der Waals surface area contributed by atoms with Crippen LogP contribution in [0.5, 0.6) is 0 Å². The fourth-order valence-corrected chi connectivity index (χ4v) is 4.33. The van der Waals surface area contributed by atoms with Crippen molar-refractivity contribution >= 4 is 21.8 Å². The van der Waals surface area contributed by atoms with Crippen LogP contribution in [0.3, 0.4) is 0 Å². The summed E-state index contributed by atoms with van der Waals surface area (Å²) in [6, 6.07) is 7.04. The van der Waals surface area contributed by atoms with Gasteiger partial charge in [0, 0.05) is 39.3 Å². The minimum atomic E-state index is -3.67. The SMILES string of the molecule is O=C(NCCN1CCN(S(=O)(=O)c2ccc(F)cc2)CC1)c1ccc([N+](=O)[O-])o1. The van der Waals surface area contributed by atoms with Gasteiger partial charge >= 0.3 is 5.88 Å². The summed E-state index contributed by atoms with van der Waals surface area (Å²) in [6.45, 7) is 2.26. The van der Waals surface area contributed by atoms with E-state index in [1.807, 2.05) is 4.90 Å². The topological polar surface area (TPSA) is 126 Å². The molecule has 0 aliphatic carbocycles. The minimum Gasteiger partial charge on any atom is -0.395 e. The van der Waals surface area contributed by atoms with E-state index in [0.717, 1.165) is 18.2 Å². The van der Waals surface area contributed by atoms with Crippen LogP contribution in [0.2, 0.25) is 0 Å². The maximum Gasteiger partial charge on any atom is 0.433 e. The number of nitrogens with one attached hydrogen (secondary N) is 1. The summed E-state index contributed by atoms with van der Waals surface area (Å²) in [7, 11) is -3.67. The molecule has 1 fully saturated rings. The molecule has 1 saturated heterocycles. The first-order chi connectivity index (χ1) is 13.8. The number of benzene rings is 1. The second kappa shape index (κ2) is 8.68. The van der Waals surface area contributed by atoms with Gasteiger partial charge in [-0.3, -0.25) is 19.8 Å². The molecule has 1 N–H and O–H groups in total. The van der Waals surface area contributed by atoms with Crippen molar-refractivity contribution in [2.24, 2.45) is 0 Å². The predicted molar refractivity (Wildman–Crippen MR) is 99.3 cm³/mol. The Morgan fingerprint density at radius 2 is 1.79 bits per heavy atom. The third kappa shape index (κ3) is 4.96. The maximum absolute atomic E-state index is 13.0. The van der Waals surface area contributed by atoms with E-state index in [9.17, 15) is 27.7 Å². The molecular weight excluding hydrogens is 407 g/mol. The van der Waals surface area contributed by atoms with E-state index in [4.69, 9.17) is 4.42 Å². The lowest BCUT2D eigenvalue weighted by molar-refractivity contribution is -0.402. The number of rotatable bonds is 7. The molecule has 29 heavy (non-hydrogen) atoms. The molecule has 0 bridgehead atoms. The summed E-state index contributed by atoms with van der Waals surface area (Å²) < 4.78 is 44.4. The standard InChI is InChI=1S/C17H19FN4O6S/c18-13-1-3-14(4-2-13)29(26,27)21-11-9-20(10-12-21)8-7-19-17(23)15-5-6-16(28-15)22(24)25/h1-6H,7-12H2,(H,19,23). The third-order valence-electron chi connectivity index (χ3n) is 4.49. The highest BCUT2D eigenvalue weighted by atomic mass is 32.2. The summed E-state index contributed by atoms with van der Waals surface area (Å²) in [5, 5.41) is 13.2. The van der Waals surface area contributed by atoms with Crippen LogP contribution < -0.4 is 5.32 Å². The highest BCUT2D eigenvalue weighted by Crippen LogP contribution is 2.18. The lowest BCUT2D eigenvalue weighted by Gasteiger charge is -2.33. The molecule has 1 aliphatic heterocycles. The Labute approximate surface area is 166 Å². The lowest BCUT2D eigenvalue weighted by Crippen LogP contribution is -2.50. The molecule has 0 radical (unpaired) electrons. The number of carbonyl (C=O) groups excluding carboxylic acids is 1. The quantitative estimate of drug-likeness (QED) is 0.518. The van der Waals surface area contributed by atoms with Crippen LogP contribution in [0.4, 0.5) is 10.3 Å². The summed E-state index contributed by atoms with van der Waals surface area (Å²) in [5.74, 6) is -1.71. The van der Waals surface area contributed by atoms with Gasteiger partial charge in [0.05, 0.1) is 11.0 Å². The molecule has 1 aliphatic rings. The molecule has 0 unspecified atom stereocenters. The Balaban J connectivity index is 1.45. The molecule has 1 aromatic carbocycles. The van der Waals surface area contributed by atoms with Crippen molar-refractivity contribution in [1.82, 2.24) is 14.5 Å². The summed E-state index contributed by atoms with van der Waals surface area (Å²) in [6.07, 6.45) is 0. The highest BCUT2D eigenvalue weighted by molar-refractivity contribution is 7.89. The van der Waals surface area contributed by atoms with Crippen molar-refractivity contribution in [1.29, 1.82) is 0 Å². The monoisotopic (exact) mass is 426 g/mol. The number of piperazine rings is 1. The van der Waals surface area contributed by atoms with Crippen molar-refractivity contribution < 1.29 is 26.9 Å². The average molecular weight is 426 g/mol. The van der Waals surface area contributed by atoms with Gasteiger partial charge in [-0.15, -0.1) is 0 Å².